The first-order valence-corrected chi connectivity index (χ1v) is 6.55. The van der Waals surface area contributed by atoms with E-state index in [0.29, 0.717) is 5.92 Å². The molecule has 0 saturated heterocycles. The minimum Gasteiger partial charge on any atom is -0.322 e. The molecular weight excluding hydrogens is 226 g/mol. The normalized spacial score (nSPS) is 21.8. The second-order valence-corrected chi connectivity index (χ2v) is 5.39. The molecule has 1 aromatic rings. The van der Waals surface area contributed by atoms with Crippen molar-refractivity contribution in [2.24, 2.45) is 11.8 Å². The summed E-state index contributed by atoms with van der Waals surface area (Å²) in [6.07, 6.45) is 4.60. The fraction of sp³-hybridized carbons (Fsp3) is 0.571. The van der Waals surface area contributed by atoms with Crippen molar-refractivity contribution >= 4 is 11.7 Å². The van der Waals surface area contributed by atoms with Gasteiger partial charge in [0, 0.05) is 18.8 Å². The summed E-state index contributed by atoms with van der Waals surface area (Å²) in [5.74, 6) is 1.43. The highest BCUT2D eigenvalue weighted by atomic mass is 16.2. The van der Waals surface area contributed by atoms with E-state index in [1.165, 1.54) is 6.42 Å². The summed E-state index contributed by atoms with van der Waals surface area (Å²) in [6.45, 7) is 7.19. The van der Waals surface area contributed by atoms with Crippen molar-refractivity contribution in [1.82, 2.24) is 9.88 Å². The van der Waals surface area contributed by atoms with Gasteiger partial charge in [0.1, 0.15) is 0 Å². The van der Waals surface area contributed by atoms with Crippen molar-refractivity contribution in [3.05, 3.63) is 24.5 Å². The van der Waals surface area contributed by atoms with Crippen LogP contribution < -0.4 is 5.32 Å². The third-order valence-electron chi connectivity index (χ3n) is 3.50. The average molecular weight is 247 g/mol. The minimum absolute atomic E-state index is 0.0305. The van der Waals surface area contributed by atoms with Gasteiger partial charge in [0.25, 0.3) is 0 Å². The summed E-state index contributed by atoms with van der Waals surface area (Å²) < 4.78 is 0. The third-order valence-corrected chi connectivity index (χ3v) is 3.50. The Balaban J connectivity index is 1.95. The lowest BCUT2D eigenvalue weighted by Gasteiger charge is -2.27. The predicted molar refractivity (Wildman–Crippen MR) is 72.4 cm³/mol. The molecule has 1 aromatic heterocycles. The van der Waals surface area contributed by atoms with Crippen molar-refractivity contribution in [1.29, 1.82) is 0 Å². The van der Waals surface area contributed by atoms with Crippen LogP contribution in [0.4, 0.5) is 10.5 Å². The topological polar surface area (TPSA) is 45.2 Å². The van der Waals surface area contributed by atoms with Crippen LogP contribution in [0, 0.1) is 11.8 Å². The van der Waals surface area contributed by atoms with Crippen molar-refractivity contribution in [2.45, 2.75) is 33.2 Å². The maximum atomic E-state index is 12.2. The van der Waals surface area contributed by atoms with Gasteiger partial charge in [-0.05, 0) is 44.2 Å². The molecule has 0 bridgehead atoms. The van der Waals surface area contributed by atoms with Gasteiger partial charge in [-0.25, -0.2) is 4.79 Å². The minimum atomic E-state index is -0.0305. The molecule has 0 radical (unpaired) electrons. The summed E-state index contributed by atoms with van der Waals surface area (Å²) >= 11 is 0. The van der Waals surface area contributed by atoms with Gasteiger partial charge in [-0.2, -0.15) is 0 Å². The number of hydrogen-bond donors (Lipinski definition) is 1. The Hall–Kier alpha value is -1.58. The summed E-state index contributed by atoms with van der Waals surface area (Å²) in [4.78, 5) is 18.1. The van der Waals surface area contributed by atoms with Crippen molar-refractivity contribution < 1.29 is 4.79 Å². The van der Waals surface area contributed by atoms with E-state index in [1.807, 2.05) is 17.0 Å². The molecule has 0 spiro atoms. The smallest absolute Gasteiger partial charge is 0.322 e. The Labute approximate surface area is 108 Å². The molecule has 4 nitrogen and oxygen atoms in total. The Morgan fingerprint density at radius 2 is 2.33 bits per heavy atom. The summed E-state index contributed by atoms with van der Waals surface area (Å²) in [7, 11) is 0. The second-order valence-electron chi connectivity index (χ2n) is 5.39. The third kappa shape index (κ3) is 3.22. The average Bonchev–Trinajstić information content (AvgIpc) is 3.03. The van der Waals surface area contributed by atoms with Gasteiger partial charge < -0.3 is 10.2 Å². The van der Waals surface area contributed by atoms with E-state index in [1.54, 1.807) is 12.4 Å². The molecule has 1 aliphatic carbocycles. The zero-order valence-corrected chi connectivity index (χ0v) is 11.3. The molecule has 1 fully saturated rings. The van der Waals surface area contributed by atoms with Crippen LogP contribution in [-0.2, 0) is 0 Å². The van der Waals surface area contributed by atoms with Crippen molar-refractivity contribution in [3.8, 4) is 0 Å². The van der Waals surface area contributed by atoms with Gasteiger partial charge in [-0.1, -0.05) is 6.92 Å². The lowest BCUT2D eigenvalue weighted by molar-refractivity contribution is 0.193. The van der Waals surface area contributed by atoms with Gasteiger partial charge >= 0.3 is 6.03 Å². The number of pyridine rings is 1. The lowest BCUT2D eigenvalue weighted by Crippen LogP contribution is -2.41. The number of rotatable bonds is 4. The summed E-state index contributed by atoms with van der Waals surface area (Å²) in [5, 5.41) is 2.90. The molecule has 18 heavy (non-hydrogen) atoms. The molecule has 98 valence electrons. The molecule has 2 atom stereocenters. The van der Waals surface area contributed by atoms with Crippen LogP contribution in [-0.4, -0.2) is 28.5 Å². The quantitative estimate of drug-likeness (QED) is 0.889. The van der Waals surface area contributed by atoms with Crippen LogP contribution in [0.2, 0.25) is 0 Å². The van der Waals surface area contributed by atoms with E-state index < -0.39 is 0 Å². The van der Waals surface area contributed by atoms with Gasteiger partial charge in [0.05, 0.1) is 11.9 Å². The first-order chi connectivity index (χ1) is 8.58. The Morgan fingerprint density at radius 3 is 2.83 bits per heavy atom. The van der Waals surface area contributed by atoms with Gasteiger partial charge in [-0.3, -0.25) is 4.98 Å². The van der Waals surface area contributed by atoms with Gasteiger partial charge in [-0.15, -0.1) is 0 Å². The highest BCUT2D eigenvalue weighted by Crippen LogP contribution is 2.38. The van der Waals surface area contributed by atoms with E-state index in [0.717, 1.165) is 18.2 Å². The van der Waals surface area contributed by atoms with Crippen LogP contribution in [0.5, 0.6) is 0 Å². The molecule has 0 aliphatic heterocycles. The molecule has 1 N–H and O–H groups in total. The zero-order valence-electron chi connectivity index (χ0n) is 11.3. The molecule has 4 heteroatoms. The van der Waals surface area contributed by atoms with Crippen molar-refractivity contribution in [3.63, 3.8) is 0 Å². The number of nitrogens with zero attached hydrogens (tertiary/aromatic N) is 2. The highest BCUT2D eigenvalue weighted by Gasteiger charge is 2.35. The summed E-state index contributed by atoms with van der Waals surface area (Å²) in [5.41, 5.74) is 0.747. The maximum Gasteiger partial charge on any atom is 0.322 e. The second kappa shape index (κ2) is 5.38. The largest absolute Gasteiger partial charge is 0.322 e. The van der Waals surface area contributed by atoms with Crippen LogP contribution in [0.1, 0.15) is 27.2 Å². The zero-order chi connectivity index (χ0) is 13.1. The first-order valence-electron chi connectivity index (χ1n) is 6.55. The number of anilines is 1. The van der Waals surface area contributed by atoms with Crippen LogP contribution in [0.15, 0.2) is 24.5 Å². The summed E-state index contributed by atoms with van der Waals surface area (Å²) in [6, 6.07) is 3.85. The van der Waals surface area contributed by atoms with Gasteiger partial charge in [0.2, 0.25) is 0 Å². The fourth-order valence-corrected chi connectivity index (χ4v) is 2.07. The number of hydrogen-bond acceptors (Lipinski definition) is 2. The fourth-order valence-electron chi connectivity index (χ4n) is 2.07. The van der Waals surface area contributed by atoms with E-state index in [2.05, 4.69) is 31.1 Å². The monoisotopic (exact) mass is 247 g/mol. The standard InChI is InChI=1S/C14H21N3O/c1-10(2)17(9-12-7-11(12)3)14(18)16-13-5-4-6-15-8-13/h4-6,8,10-12H,7,9H2,1-3H3,(H,16,18)/t11-,12+/m0/s1. The number of nitrogens with one attached hydrogen (secondary N) is 1. The van der Waals surface area contributed by atoms with E-state index in [4.69, 9.17) is 0 Å². The number of urea groups is 1. The molecule has 0 unspecified atom stereocenters. The molecule has 1 saturated carbocycles. The number of carbonyl (C=O) groups is 1. The molecule has 2 rings (SSSR count). The maximum absolute atomic E-state index is 12.2. The molecule has 2 amide bonds. The molecule has 0 aromatic carbocycles. The highest BCUT2D eigenvalue weighted by molar-refractivity contribution is 5.89. The number of amides is 2. The van der Waals surface area contributed by atoms with Crippen LogP contribution in [0.25, 0.3) is 0 Å². The SMILES string of the molecule is CC(C)N(C[C@H]1C[C@@H]1C)C(=O)Nc1cccnc1. The lowest BCUT2D eigenvalue weighted by atomic mass is 10.2. The Kier molecular flexibility index (Phi) is 3.84. The van der Waals surface area contributed by atoms with E-state index in [9.17, 15) is 4.79 Å². The molecular formula is C14H21N3O. The Bertz CT molecular complexity index is 405. The molecule has 1 heterocycles. The van der Waals surface area contributed by atoms with E-state index in [-0.39, 0.29) is 12.1 Å². The number of carbonyl (C=O) groups excluding carboxylic acids is 1. The van der Waals surface area contributed by atoms with Crippen molar-refractivity contribution in [2.75, 3.05) is 11.9 Å². The van der Waals surface area contributed by atoms with Crippen LogP contribution in [0.3, 0.4) is 0 Å². The molecule has 1 aliphatic rings. The predicted octanol–water partition coefficient (Wildman–Crippen LogP) is 2.98. The Morgan fingerprint density at radius 1 is 1.61 bits per heavy atom. The first kappa shape index (κ1) is 12.9. The number of aromatic nitrogens is 1. The van der Waals surface area contributed by atoms with Crippen LogP contribution >= 0.6 is 0 Å². The van der Waals surface area contributed by atoms with E-state index >= 15 is 0 Å². The van der Waals surface area contributed by atoms with Gasteiger partial charge in [0.15, 0.2) is 0 Å².